The number of pyridine rings is 1. The number of nitrogens with one attached hydrogen (secondary N) is 1. The van der Waals surface area contributed by atoms with Crippen LogP contribution in [0.5, 0.6) is 0 Å². The zero-order valence-electron chi connectivity index (χ0n) is 11.2. The van der Waals surface area contributed by atoms with Crippen molar-refractivity contribution in [3.8, 4) is 11.1 Å². The average Bonchev–Trinajstić information content (AvgIpc) is 3.16. The third-order valence-corrected chi connectivity index (χ3v) is 4.47. The minimum absolute atomic E-state index is 0.150. The molecule has 5 nitrogen and oxygen atoms in total. The second kappa shape index (κ2) is 6.11. The van der Waals surface area contributed by atoms with Crippen molar-refractivity contribution in [2.24, 2.45) is 0 Å². The van der Waals surface area contributed by atoms with Crippen LogP contribution < -0.4 is 5.32 Å². The van der Waals surface area contributed by atoms with E-state index in [4.69, 9.17) is 0 Å². The van der Waals surface area contributed by atoms with Crippen molar-refractivity contribution in [3.63, 3.8) is 0 Å². The summed E-state index contributed by atoms with van der Waals surface area (Å²) < 4.78 is 3.77. The molecule has 0 bridgehead atoms. The van der Waals surface area contributed by atoms with E-state index in [1.54, 1.807) is 24.5 Å². The Morgan fingerprint density at radius 2 is 2.24 bits per heavy atom. The first-order chi connectivity index (χ1) is 10.2. The number of hydrogen-bond acceptors (Lipinski definition) is 6. The standard InChI is InChI=1S/C14H12N4OS2/c1-9-13(21-18-17-9)14(19)16-6-10-4-12(7-15-5-10)11-2-3-20-8-11/h2-5,7-8H,6H2,1H3,(H,16,19). The van der Waals surface area contributed by atoms with Gasteiger partial charge in [0.15, 0.2) is 0 Å². The number of amides is 1. The molecule has 0 aromatic carbocycles. The summed E-state index contributed by atoms with van der Waals surface area (Å²) in [6.45, 7) is 2.21. The molecular formula is C14H12N4OS2. The quantitative estimate of drug-likeness (QED) is 0.803. The Morgan fingerprint density at radius 3 is 2.95 bits per heavy atom. The van der Waals surface area contributed by atoms with Crippen LogP contribution in [-0.4, -0.2) is 20.5 Å². The highest BCUT2D eigenvalue weighted by molar-refractivity contribution is 7.08. The summed E-state index contributed by atoms with van der Waals surface area (Å²) >= 11 is 2.75. The number of rotatable bonds is 4. The summed E-state index contributed by atoms with van der Waals surface area (Å²) in [5, 5.41) is 10.8. The molecule has 0 spiro atoms. The van der Waals surface area contributed by atoms with Crippen LogP contribution in [0.4, 0.5) is 0 Å². The van der Waals surface area contributed by atoms with E-state index in [0.717, 1.165) is 28.2 Å². The van der Waals surface area contributed by atoms with E-state index < -0.39 is 0 Å². The fraction of sp³-hybridized carbons (Fsp3) is 0.143. The van der Waals surface area contributed by atoms with Gasteiger partial charge in [0.25, 0.3) is 5.91 Å². The van der Waals surface area contributed by atoms with Gasteiger partial charge in [-0.3, -0.25) is 9.78 Å². The number of nitrogens with zero attached hydrogens (tertiary/aromatic N) is 3. The van der Waals surface area contributed by atoms with Gasteiger partial charge in [-0.2, -0.15) is 11.3 Å². The Bertz CT molecular complexity index is 752. The van der Waals surface area contributed by atoms with Crippen LogP contribution in [0.1, 0.15) is 20.9 Å². The molecule has 0 aliphatic carbocycles. The van der Waals surface area contributed by atoms with E-state index in [2.05, 4.69) is 31.3 Å². The molecular weight excluding hydrogens is 304 g/mol. The normalized spacial score (nSPS) is 10.5. The van der Waals surface area contributed by atoms with Crippen molar-refractivity contribution in [1.29, 1.82) is 0 Å². The molecule has 3 aromatic rings. The maximum atomic E-state index is 12.0. The summed E-state index contributed by atoms with van der Waals surface area (Å²) in [5.41, 5.74) is 3.81. The first-order valence-electron chi connectivity index (χ1n) is 6.27. The summed E-state index contributed by atoms with van der Waals surface area (Å²) in [6.07, 6.45) is 3.58. The minimum Gasteiger partial charge on any atom is -0.347 e. The predicted octanol–water partition coefficient (Wildman–Crippen LogP) is 2.90. The Morgan fingerprint density at radius 1 is 1.33 bits per heavy atom. The third-order valence-electron chi connectivity index (χ3n) is 2.96. The van der Waals surface area contributed by atoms with Gasteiger partial charge in [-0.05, 0) is 52.5 Å². The lowest BCUT2D eigenvalue weighted by Crippen LogP contribution is -2.22. The summed E-state index contributed by atoms with van der Waals surface area (Å²) in [5.74, 6) is -0.150. The predicted molar refractivity (Wildman–Crippen MR) is 83.4 cm³/mol. The molecule has 0 saturated heterocycles. The number of hydrogen-bond donors (Lipinski definition) is 1. The van der Waals surface area contributed by atoms with Crippen molar-refractivity contribution in [1.82, 2.24) is 19.9 Å². The van der Waals surface area contributed by atoms with Gasteiger partial charge in [0, 0.05) is 24.5 Å². The molecule has 1 N–H and O–H groups in total. The number of carbonyl (C=O) groups excluding carboxylic acids is 1. The smallest absolute Gasteiger partial charge is 0.265 e. The number of carbonyl (C=O) groups is 1. The van der Waals surface area contributed by atoms with E-state index >= 15 is 0 Å². The Labute approximate surface area is 129 Å². The highest BCUT2D eigenvalue weighted by Gasteiger charge is 2.12. The zero-order valence-corrected chi connectivity index (χ0v) is 12.9. The van der Waals surface area contributed by atoms with Crippen LogP contribution in [0.25, 0.3) is 11.1 Å². The molecule has 0 radical (unpaired) electrons. The van der Waals surface area contributed by atoms with Crippen molar-refractivity contribution >= 4 is 28.8 Å². The molecule has 3 rings (SSSR count). The van der Waals surface area contributed by atoms with Crippen LogP contribution in [0.15, 0.2) is 35.3 Å². The second-order valence-electron chi connectivity index (χ2n) is 4.46. The molecule has 106 valence electrons. The van der Waals surface area contributed by atoms with Crippen LogP contribution in [0, 0.1) is 6.92 Å². The van der Waals surface area contributed by atoms with Crippen molar-refractivity contribution in [2.75, 3.05) is 0 Å². The van der Waals surface area contributed by atoms with Crippen LogP contribution in [-0.2, 0) is 6.54 Å². The molecule has 0 aliphatic heterocycles. The Hall–Kier alpha value is -2.12. The van der Waals surface area contributed by atoms with E-state index in [1.165, 1.54) is 0 Å². The number of aromatic nitrogens is 3. The molecule has 0 atom stereocenters. The minimum atomic E-state index is -0.150. The van der Waals surface area contributed by atoms with Gasteiger partial charge in [0.1, 0.15) is 4.88 Å². The molecule has 7 heteroatoms. The van der Waals surface area contributed by atoms with Crippen LogP contribution >= 0.6 is 22.9 Å². The highest BCUT2D eigenvalue weighted by Crippen LogP contribution is 2.22. The maximum Gasteiger partial charge on any atom is 0.265 e. The van der Waals surface area contributed by atoms with E-state index in [0.29, 0.717) is 17.1 Å². The lowest BCUT2D eigenvalue weighted by Gasteiger charge is -2.05. The van der Waals surface area contributed by atoms with Crippen molar-refractivity contribution < 1.29 is 4.79 Å². The summed E-state index contributed by atoms with van der Waals surface area (Å²) in [6, 6.07) is 4.09. The van der Waals surface area contributed by atoms with Crippen LogP contribution in [0.3, 0.4) is 0 Å². The second-order valence-corrected chi connectivity index (χ2v) is 6.00. The Kier molecular flexibility index (Phi) is 4.03. The summed E-state index contributed by atoms with van der Waals surface area (Å²) in [7, 11) is 0. The van der Waals surface area contributed by atoms with E-state index in [-0.39, 0.29) is 5.91 Å². The van der Waals surface area contributed by atoms with Gasteiger partial charge in [-0.25, -0.2) is 0 Å². The van der Waals surface area contributed by atoms with Gasteiger partial charge in [-0.15, -0.1) is 5.10 Å². The van der Waals surface area contributed by atoms with E-state index in [9.17, 15) is 4.79 Å². The molecule has 0 fully saturated rings. The molecule has 1 amide bonds. The van der Waals surface area contributed by atoms with Gasteiger partial charge >= 0.3 is 0 Å². The molecule has 0 aliphatic rings. The SMILES string of the molecule is Cc1nnsc1C(=O)NCc1cncc(-c2ccsc2)c1. The molecule has 0 saturated carbocycles. The van der Waals surface area contributed by atoms with Gasteiger partial charge in [-0.1, -0.05) is 4.49 Å². The fourth-order valence-corrected chi connectivity index (χ4v) is 3.11. The topological polar surface area (TPSA) is 67.8 Å². The first-order valence-corrected chi connectivity index (χ1v) is 7.99. The monoisotopic (exact) mass is 316 g/mol. The fourth-order valence-electron chi connectivity index (χ4n) is 1.87. The summed E-state index contributed by atoms with van der Waals surface area (Å²) in [4.78, 5) is 16.8. The number of aryl methyl sites for hydroxylation is 1. The molecule has 21 heavy (non-hydrogen) atoms. The van der Waals surface area contributed by atoms with Crippen molar-refractivity contribution in [3.05, 3.63) is 51.4 Å². The largest absolute Gasteiger partial charge is 0.347 e. The van der Waals surface area contributed by atoms with Crippen molar-refractivity contribution in [2.45, 2.75) is 13.5 Å². The van der Waals surface area contributed by atoms with Crippen LogP contribution in [0.2, 0.25) is 0 Å². The molecule has 3 heterocycles. The van der Waals surface area contributed by atoms with Gasteiger partial charge < -0.3 is 5.32 Å². The van der Waals surface area contributed by atoms with E-state index in [1.807, 2.05) is 17.6 Å². The average molecular weight is 316 g/mol. The van der Waals surface area contributed by atoms with Gasteiger partial charge in [0.05, 0.1) is 5.69 Å². The first kappa shape index (κ1) is 13.8. The number of thiophene rings is 1. The highest BCUT2D eigenvalue weighted by atomic mass is 32.1. The zero-order chi connectivity index (χ0) is 14.7. The third kappa shape index (κ3) is 3.14. The maximum absolute atomic E-state index is 12.0. The lowest BCUT2D eigenvalue weighted by atomic mass is 10.1. The molecule has 3 aromatic heterocycles. The molecule has 0 unspecified atom stereocenters. The lowest BCUT2D eigenvalue weighted by molar-refractivity contribution is 0.0954. The Balaban J connectivity index is 1.70. The van der Waals surface area contributed by atoms with Gasteiger partial charge in [0.2, 0.25) is 0 Å².